The molecule has 1 heterocycles. The van der Waals surface area contributed by atoms with Crippen LogP contribution >= 0.6 is 0 Å². The largest absolute Gasteiger partial charge is 0.472 e. The van der Waals surface area contributed by atoms with Crippen molar-refractivity contribution in [1.29, 1.82) is 0 Å². The molecule has 2 amide bonds. The fourth-order valence-electron chi connectivity index (χ4n) is 1.18. The van der Waals surface area contributed by atoms with Gasteiger partial charge < -0.3 is 20.2 Å². The van der Waals surface area contributed by atoms with E-state index in [1.54, 1.807) is 13.0 Å². The summed E-state index contributed by atoms with van der Waals surface area (Å²) in [6, 6.07) is 1.27. The van der Waals surface area contributed by atoms with Crippen LogP contribution in [0, 0.1) is 0 Å². The van der Waals surface area contributed by atoms with E-state index in [9.17, 15) is 9.59 Å². The molecule has 6 heteroatoms. The summed E-state index contributed by atoms with van der Waals surface area (Å²) in [6.07, 6.45) is 2.92. The smallest absolute Gasteiger partial charge is 0.254 e. The molecule has 17 heavy (non-hydrogen) atoms. The summed E-state index contributed by atoms with van der Waals surface area (Å²) in [7, 11) is 0. The predicted octanol–water partition coefficient (Wildman–Crippen LogP) is -0.104. The quantitative estimate of drug-likeness (QED) is 0.647. The second-order valence-corrected chi connectivity index (χ2v) is 3.67. The van der Waals surface area contributed by atoms with Crippen molar-refractivity contribution in [2.75, 3.05) is 13.2 Å². The Labute approximate surface area is 99.0 Å². The van der Waals surface area contributed by atoms with E-state index >= 15 is 0 Å². The van der Waals surface area contributed by atoms with Gasteiger partial charge in [-0.2, -0.15) is 0 Å². The maximum atomic E-state index is 11.4. The minimum atomic E-state index is -0.276. The van der Waals surface area contributed by atoms with E-state index in [-0.39, 0.29) is 37.4 Å². The molecule has 0 spiro atoms. The lowest BCUT2D eigenvalue weighted by atomic mass is 10.3. The number of amides is 2. The van der Waals surface area contributed by atoms with Crippen LogP contribution in [0.2, 0.25) is 0 Å². The first-order valence-corrected chi connectivity index (χ1v) is 5.34. The van der Waals surface area contributed by atoms with Gasteiger partial charge in [0.2, 0.25) is 5.91 Å². The van der Waals surface area contributed by atoms with Crippen molar-refractivity contribution >= 4 is 11.8 Å². The van der Waals surface area contributed by atoms with E-state index in [0.717, 1.165) is 0 Å². The molecule has 3 N–H and O–H groups in total. The average Bonchev–Trinajstić information content (AvgIpc) is 2.82. The highest BCUT2D eigenvalue weighted by molar-refractivity contribution is 5.94. The van der Waals surface area contributed by atoms with Crippen molar-refractivity contribution in [3.05, 3.63) is 24.2 Å². The van der Waals surface area contributed by atoms with Crippen molar-refractivity contribution in [2.45, 2.75) is 19.4 Å². The van der Waals surface area contributed by atoms with Crippen LogP contribution < -0.4 is 10.6 Å². The second kappa shape index (κ2) is 6.70. The highest BCUT2D eigenvalue weighted by Crippen LogP contribution is 1.98. The van der Waals surface area contributed by atoms with Crippen LogP contribution in [-0.4, -0.2) is 36.1 Å². The maximum Gasteiger partial charge on any atom is 0.254 e. The number of aliphatic hydroxyl groups is 1. The van der Waals surface area contributed by atoms with Crippen molar-refractivity contribution < 1.29 is 19.1 Å². The van der Waals surface area contributed by atoms with Crippen molar-refractivity contribution in [3.8, 4) is 0 Å². The molecule has 1 atom stereocenters. The van der Waals surface area contributed by atoms with Crippen LogP contribution in [0.15, 0.2) is 23.0 Å². The molecule has 1 rings (SSSR count). The lowest BCUT2D eigenvalue weighted by Crippen LogP contribution is -2.37. The molecule has 0 aromatic carbocycles. The van der Waals surface area contributed by atoms with Crippen LogP contribution in [-0.2, 0) is 4.79 Å². The second-order valence-electron chi connectivity index (χ2n) is 3.67. The fourth-order valence-corrected chi connectivity index (χ4v) is 1.18. The van der Waals surface area contributed by atoms with Crippen LogP contribution in [0.3, 0.4) is 0 Å². The Balaban J connectivity index is 2.20. The summed E-state index contributed by atoms with van der Waals surface area (Å²) >= 11 is 0. The van der Waals surface area contributed by atoms with E-state index in [4.69, 9.17) is 9.52 Å². The van der Waals surface area contributed by atoms with Crippen LogP contribution in [0.1, 0.15) is 23.7 Å². The summed E-state index contributed by atoms with van der Waals surface area (Å²) in [4.78, 5) is 22.7. The Morgan fingerprint density at radius 2 is 2.29 bits per heavy atom. The molecule has 0 saturated carbocycles. The molecule has 0 aliphatic rings. The van der Waals surface area contributed by atoms with Gasteiger partial charge in [0.1, 0.15) is 6.26 Å². The van der Waals surface area contributed by atoms with E-state index in [2.05, 4.69) is 10.6 Å². The first kappa shape index (κ1) is 13.2. The Hall–Kier alpha value is -1.82. The van der Waals surface area contributed by atoms with Gasteiger partial charge in [0.15, 0.2) is 0 Å². The zero-order chi connectivity index (χ0) is 12.7. The van der Waals surface area contributed by atoms with Gasteiger partial charge >= 0.3 is 0 Å². The zero-order valence-corrected chi connectivity index (χ0v) is 9.60. The fraction of sp³-hybridized carbons (Fsp3) is 0.455. The van der Waals surface area contributed by atoms with Crippen molar-refractivity contribution in [2.24, 2.45) is 0 Å². The summed E-state index contributed by atoms with van der Waals surface area (Å²) < 4.78 is 4.76. The van der Waals surface area contributed by atoms with Gasteiger partial charge in [0.05, 0.1) is 18.4 Å². The number of hydrogen-bond acceptors (Lipinski definition) is 4. The number of furan rings is 1. The van der Waals surface area contributed by atoms with Gasteiger partial charge in [-0.05, 0) is 13.0 Å². The predicted molar refractivity (Wildman–Crippen MR) is 60.3 cm³/mol. The molecule has 1 aromatic heterocycles. The normalized spacial score (nSPS) is 11.9. The molecule has 0 fully saturated rings. The monoisotopic (exact) mass is 240 g/mol. The zero-order valence-electron chi connectivity index (χ0n) is 9.60. The number of hydrogen-bond donors (Lipinski definition) is 3. The first-order valence-electron chi connectivity index (χ1n) is 5.34. The summed E-state index contributed by atoms with van der Waals surface area (Å²) in [5.74, 6) is -0.485. The minimum Gasteiger partial charge on any atom is -0.472 e. The van der Waals surface area contributed by atoms with Gasteiger partial charge in [0, 0.05) is 19.0 Å². The number of nitrogens with one attached hydrogen (secondary N) is 2. The lowest BCUT2D eigenvalue weighted by Gasteiger charge is -2.10. The number of rotatable bonds is 6. The third kappa shape index (κ3) is 4.69. The topological polar surface area (TPSA) is 91.6 Å². The molecule has 94 valence electrons. The first-order chi connectivity index (χ1) is 8.13. The standard InChI is InChI=1S/C11H16N2O4/c1-8(6-14)13-10(15)2-4-12-11(16)9-3-5-17-7-9/h3,5,7-8,14H,2,4,6H2,1H3,(H,12,16)(H,13,15)/t8-/m1/s1. The van der Waals surface area contributed by atoms with Crippen molar-refractivity contribution in [1.82, 2.24) is 10.6 Å². The summed E-state index contributed by atoms with van der Waals surface area (Å²) in [6.45, 7) is 1.84. The van der Waals surface area contributed by atoms with Crippen LogP contribution in [0.4, 0.5) is 0 Å². The third-order valence-corrected chi connectivity index (χ3v) is 2.10. The molecule has 1 aromatic rings. The molecule has 0 bridgehead atoms. The van der Waals surface area contributed by atoms with Gasteiger partial charge in [0.25, 0.3) is 5.91 Å². The molecule has 0 radical (unpaired) electrons. The Morgan fingerprint density at radius 1 is 1.53 bits per heavy atom. The van der Waals surface area contributed by atoms with Gasteiger partial charge in [-0.3, -0.25) is 9.59 Å². The van der Waals surface area contributed by atoms with Crippen LogP contribution in [0.25, 0.3) is 0 Å². The molecular formula is C11H16N2O4. The van der Waals surface area contributed by atoms with E-state index in [0.29, 0.717) is 5.56 Å². The highest BCUT2D eigenvalue weighted by Gasteiger charge is 2.08. The third-order valence-electron chi connectivity index (χ3n) is 2.10. The van der Waals surface area contributed by atoms with Gasteiger partial charge in [-0.15, -0.1) is 0 Å². The van der Waals surface area contributed by atoms with Crippen molar-refractivity contribution in [3.63, 3.8) is 0 Å². The molecular weight excluding hydrogens is 224 g/mol. The van der Waals surface area contributed by atoms with Crippen LogP contribution in [0.5, 0.6) is 0 Å². The van der Waals surface area contributed by atoms with E-state index in [1.807, 2.05) is 0 Å². The number of aliphatic hydroxyl groups excluding tert-OH is 1. The molecule has 0 saturated heterocycles. The highest BCUT2D eigenvalue weighted by atomic mass is 16.3. The molecule has 0 aliphatic carbocycles. The number of carbonyl (C=O) groups excluding carboxylic acids is 2. The van der Waals surface area contributed by atoms with Gasteiger partial charge in [-0.25, -0.2) is 0 Å². The van der Waals surface area contributed by atoms with E-state index < -0.39 is 0 Å². The average molecular weight is 240 g/mol. The SMILES string of the molecule is C[C@H](CO)NC(=O)CCNC(=O)c1ccoc1. The molecule has 0 unspecified atom stereocenters. The number of carbonyl (C=O) groups is 2. The lowest BCUT2D eigenvalue weighted by molar-refractivity contribution is -0.121. The van der Waals surface area contributed by atoms with E-state index in [1.165, 1.54) is 12.5 Å². The minimum absolute atomic E-state index is 0.104. The van der Waals surface area contributed by atoms with Gasteiger partial charge in [-0.1, -0.05) is 0 Å². The Kier molecular flexibility index (Phi) is 5.22. The Morgan fingerprint density at radius 3 is 2.88 bits per heavy atom. The molecule has 0 aliphatic heterocycles. The Bertz CT molecular complexity index is 362. The molecule has 6 nitrogen and oxygen atoms in total. The summed E-state index contributed by atoms with van der Waals surface area (Å²) in [5, 5.41) is 13.9. The maximum absolute atomic E-state index is 11.4. The summed E-state index contributed by atoms with van der Waals surface area (Å²) in [5.41, 5.74) is 0.425.